The summed E-state index contributed by atoms with van der Waals surface area (Å²) in [5.41, 5.74) is 5.24. The molecular weight excluding hydrogens is 444 g/mol. The number of rotatable bonds is 6. The predicted octanol–water partition coefficient (Wildman–Crippen LogP) is 4.98. The summed E-state index contributed by atoms with van der Waals surface area (Å²) in [6.45, 7) is 0.175. The third-order valence-electron chi connectivity index (χ3n) is 7.07. The lowest BCUT2D eigenvalue weighted by Gasteiger charge is -2.39. The average molecular weight is 471 g/mol. The first-order valence-electron chi connectivity index (χ1n) is 11.6. The van der Waals surface area contributed by atoms with Gasteiger partial charge in [0.05, 0.1) is 17.2 Å². The highest BCUT2D eigenvalue weighted by Gasteiger charge is 2.39. The molecule has 0 aromatic heterocycles. The van der Waals surface area contributed by atoms with Gasteiger partial charge in [-0.25, -0.2) is 4.79 Å². The molecule has 0 radical (unpaired) electrons. The van der Waals surface area contributed by atoms with Gasteiger partial charge >= 0.3 is 12.1 Å². The van der Waals surface area contributed by atoms with E-state index in [1.54, 1.807) is 36.2 Å². The van der Waals surface area contributed by atoms with E-state index in [1.165, 1.54) is 0 Å². The fourth-order valence-electron chi connectivity index (χ4n) is 4.98. The van der Waals surface area contributed by atoms with Crippen LogP contribution < -0.4 is 5.32 Å². The first-order chi connectivity index (χ1) is 16.9. The van der Waals surface area contributed by atoms with E-state index in [4.69, 9.17) is 9.84 Å². The molecule has 5 rings (SSSR count). The van der Waals surface area contributed by atoms with Gasteiger partial charge in [0.15, 0.2) is 0 Å². The minimum absolute atomic E-state index is 0.0584. The van der Waals surface area contributed by atoms with E-state index in [9.17, 15) is 14.4 Å². The zero-order valence-corrected chi connectivity index (χ0v) is 19.3. The van der Waals surface area contributed by atoms with Gasteiger partial charge in [0, 0.05) is 19.0 Å². The Kier molecular flexibility index (Phi) is 5.99. The summed E-state index contributed by atoms with van der Waals surface area (Å²) in [5, 5.41) is 11.8. The summed E-state index contributed by atoms with van der Waals surface area (Å²) in [6.07, 6.45) is 0.225. The topological polar surface area (TPSA) is 95.9 Å². The van der Waals surface area contributed by atoms with Crippen molar-refractivity contribution in [3.63, 3.8) is 0 Å². The lowest BCUT2D eigenvalue weighted by molar-refractivity contribution is -0.146. The Morgan fingerprint density at radius 2 is 1.49 bits per heavy atom. The highest BCUT2D eigenvalue weighted by molar-refractivity contribution is 6.02. The number of carbonyl (C=O) groups excluding carboxylic acids is 2. The first kappa shape index (κ1) is 22.7. The largest absolute Gasteiger partial charge is 0.481 e. The molecule has 3 aromatic rings. The maximum absolute atomic E-state index is 13.1. The van der Waals surface area contributed by atoms with Crippen LogP contribution >= 0.6 is 0 Å². The average Bonchev–Trinajstić information content (AvgIpc) is 3.15. The van der Waals surface area contributed by atoms with Gasteiger partial charge in [0.1, 0.15) is 6.61 Å². The summed E-state index contributed by atoms with van der Waals surface area (Å²) < 4.78 is 5.62. The SMILES string of the molecule is CN(C(=O)c1ccccc1NC(=O)OCC1c2ccccc2-c2ccccc21)C1CC(C(=O)O)C1. The molecule has 2 amide bonds. The van der Waals surface area contributed by atoms with Crippen molar-refractivity contribution in [3.05, 3.63) is 89.5 Å². The number of fused-ring (bicyclic) bond motifs is 3. The number of anilines is 1. The smallest absolute Gasteiger partial charge is 0.411 e. The second-order valence-electron chi connectivity index (χ2n) is 9.07. The normalized spacial score (nSPS) is 18.1. The van der Waals surface area contributed by atoms with Gasteiger partial charge in [-0.15, -0.1) is 0 Å². The Morgan fingerprint density at radius 1 is 0.914 bits per heavy atom. The Morgan fingerprint density at radius 3 is 2.11 bits per heavy atom. The number of aliphatic carboxylic acids is 1. The van der Waals surface area contributed by atoms with Gasteiger partial charge in [0.25, 0.3) is 5.91 Å². The number of amides is 2. The quantitative estimate of drug-likeness (QED) is 0.530. The van der Waals surface area contributed by atoms with E-state index < -0.39 is 18.0 Å². The molecule has 1 fully saturated rings. The Balaban J connectivity index is 1.25. The lowest BCUT2D eigenvalue weighted by atomic mass is 9.79. The number of ether oxygens (including phenoxy) is 1. The van der Waals surface area contributed by atoms with Crippen LogP contribution in [0.5, 0.6) is 0 Å². The monoisotopic (exact) mass is 470 g/mol. The minimum atomic E-state index is -0.834. The second-order valence-corrected chi connectivity index (χ2v) is 9.07. The summed E-state index contributed by atoms with van der Waals surface area (Å²) in [4.78, 5) is 38.5. The highest BCUT2D eigenvalue weighted by atomic mass is 16.5. The molecule has 2 aliphatic rings. The van der Waals surface area contributed by atoms with Crippen LogP contribution in [-0.2, 0) is 9.53 Å². The van der Waals surface area contributed by atoms with Crippen molar-refractivity contribution in [2.75, 3.05) is 19.0 Å². The number of hydrogen-bond donors (Lipinski definition) is 2. The molecule has 0 unspecified atom stereocenters. The standard InChI is InChI=1S/C28H26N2O5/c1-30(18-14-17(15-18)27(32)33)26(31)23-12-6-7-13-25(23)29-28(34)35-16-24-21-10-4-2-8-19(21)20-9-3-5-11-22(20)24/h2-13,17-18,24H,14-16H2,1H3,(H,29,34)(H,32,33). The number of nitrogens with one attached hydrogen (secondary N) is 1. The third kappa shape index (κ3) is 4.25. The number of benzene rings is 3. The molecule has 0 bridgehead atoms. The van der Waals surface area contributed by atoms with Crippen molar-refractivity contribution in [2.24, 2.45) is 5.92 Å². The van der Waals surface area contributed by atoms with Gasteiger partial charge in [-0.1, -0.05) is 60.7 Å². The predicted molar refractivity (Wildman–Crippen MR) is 131 cm³/mol. The Hall–Kier alpha value is -4.13. The summed E-state index contributed by atoms with van der Waals surface area (Å²) >= 11 is 0. The van der Waals surface area contributed by atoms with E-state index in [1.807, 2.05) is 24.3 Å². The molecule has 2 N–H and O–H groups in total. The molecule has 0 spiro atoms. The van der Waals surface area contributed by atoms with Crippen molar-refractivity contribution in [1.29, 1.82) is 0 Å². The van der Waals surface area contributed by atoms with Crippen molar-refractivity contribution in [1.82, 2.24) is 4.90 Å². The van der Waals surface area contributed by atoms with Gasteiger partial charge in [-0.2, -0.15) is 0 Å². The second kappa shape index (κ2) is 9.25. The number of para-hydroxylation sites is 1. The lowest BCUT2D eigenvalue weighted by Crippen LogP contribution is -2.47. The van der Waals surface area contributed by atoms with Crippen molar-refractivity contribution >= 4 is 23.7 Å². The fraction of sp³-hybridized carbons (Fsp3) is 0.250. The molecule has 0 heterocycles. The number of carboxylic acid groups (broad SMARTS) is 1. The summed E-state index contributed by atoms with van der Waals surface area (Å²) in [5.74, 6) is -1.57. The Labute approximate surface area is 203 Å². The van der Waals surface area contributed by atoms with Crippen LogP contribution in [0.4, 0.5) is 10.5 Å². The molecule has 0 atom stereocenters. The summed E-state index contributed by atoms with van der Waals surface area (Å²) in [6, 6.07) is 22.9. The number of carboxylic acids is 1. The van der Waals surface area contributed by atoms with Crippen molar-refractivity contribution in [2.45, 2.75) is 24.8 Å². The molecule has 1 saturated carbocycles. The van der Waals surface area contributed by atoms with E-state index in [-0.39, 0.29) is 24.5 Å². The fourth-order valence-corrected chi connectivity index (χ4v) is 4.98. The molecule has 0 aliphatic heterocycles. The molecule has 178 valence electrons. The van der Waals surface area contributed by atoms with Gasteiger partial charge in [-0.05, 0) is 47.2 Å². The zero-order chi connectivity index (χ0) is 24.5. The van der Waals surface area contributed by atoms with Crippen LogP contribution in [-0.4, -0.2) is 47.7 Å². The van der Waals surface area contributed by atoms with Crippen molar-refractivity contribution in [3.8, 4) is 11.1 Å². The molecular formula is C28H26N2O5. The number of hydrogen-bond acceptors (Lipinski definition) is 4. The van der Waals surface area contributed by atoms with Crippen LogP contribution in [0.15, 0.2) is 72.8 Å². The van der Waals surface area contributed by atoms with Crippen LogP contribution in [0.25, 0.3) is 11.1 Å². The van der Waals surface area contributed by atoms with E-state index in [2.05, 4.69) is 29.6 Å². The summed E-state index contributed by atoms with van der Waals surface area (Å²) in [7, 11) is 1.66. The van der Waals surface area contributed by atoms with Crippen LogP contribution in [0.3, 0.4) is 0 Å². The molecule has 2 aliphatic carbocycles. The Bertz CT molecular complexity index is 1250. The maximum Gasteiger partial charge on any atom is 0.411 e. The molecule has 3 aromatic carbocycles. The van der Waals surface area contributed by atoms with E-state index in [0.717, 1.165) is 22.3 Å². The number of nitrogens with zero attached hydrogens (tertiary/aromatic N) is 1. The maximum atomic E-state index is 13.1. The zero-order valence-electron chi connectivity index (χ0n) is 19.3. The highest BCUT2D eigenvalue weighted by Crippen LogP contribution is 2.44. The van der Waals surface area contributed by atoms with Gasteiger partial charge in [0.2, 0.25) is 0 Å². The minimum Gasteiger partial charge on any atom is -0.481 e. The number of carbonyl (C=O) groups is 3. The van der Waals surface area contributed by atoms with E-state index in [0.29, 0.717) is 24.1 Å². The van der Waals surface area contributed by atoms with Crippen LogP contribution in [0, 0.1) is 5.92 Å². The first-order valence-corrected chi connectivity index (χ1v) is 11.6. The molecule has 7 nitrogen and oxygen atoms in total. The molecule has 35 heavy (non-hydrogen) atoms. The molecule has 7 heteroatoms. The van der Waals surface area contributed by atoms with Crippen LogP contribution in [0.1, 0.15) is 40.2 Å². The van der Waals surface area contributed by atoms with Gasteiger partial charge < -0.3 is 14.7 Å². The third-order valence-corrected chi connectivity index (χ3v) is 7.07. The van der Waals surface area contributed by atoms with Crippen molar-refractivity contribution < 1.29 is 24.2 Å². The van der Waals surface area contributed by atoms with Gasteiger partial charge in [-0.3, -0.25) is 14.9 Å². The molecule has 0 saturated heterocycles. The van der Waals surface area contributed by atoms with Crippen LogP contribution in [0.2, 0.25) is 0 Å². The van der Waals surface area contributed by atoms with E-state index >= 15 is 0 Å².